The number of alkyl halides is 3. The van der Waals surface area contributed by atoms with Gasteiger partial charge >= 0.3 is 5.51 Å². The highest BCUT2D eigenvalue weighted by Gasteiger charge is 2.62. The second-order valence-electron chi connectivity index (χ2n) is 6.54. The second kappa shape index (κ2) is 6.13. The van der Waals surface area contributed by atoms with E-state index in [2.05, 4.69) is 0 Å². The normalized spacial score (nSPS) is 26.6. The molecule has 1 heterocycles. The molecule has 2 unspecified atom stereocenters. The lowest BCUT2D eigenvalue weighted by molar-refractivity contribution is -0.386. The minimum atomic E-state index is -5.85. The van der Waals surface area contributed by atoms with E-state index in [1.807, 2.05) is 0 Å². The lowest BCUT2D eigenvalue weighted by atomic mass is 9.65. The van der Waals surface area contributed by atoms with Crippen molar-refractivity contribution < 1.29 is 31.3 Å². The van der Waals surface area contributed by atoms with Gasteiger partial charge in [-0.25, -0.2) is 8.42 Å². The standard InChI is InChI=1S/C16H15F3N2O5S/c1-20-9-8-15(10-4-2-3-5-11(10)21(23)24)13(7-6-12(20)14(15)22)27(25,26)16(17,18)19/h2-5,7,12H,6,8-9H2,1H3. The number of hydrogen-bond acceptors (Lipinski definition) is 6. The van der Waals surface area contributed by atoms with Crippen LogP contribution in [0, 0.1) is 10.1 Å². The van der Waals surface area contributed by atoms with Crippen LogP contribution in [-0.4, -0.2) is 49.2 Å². The van der Waals surface area contributed by atoms with Crippen LogP contribution in [0.4, 0.5) is 18.9 Å². The Balaban J connectivity index is 2.37. The molecule has 0 N–H and O–H groups in total. The van der Waals surface area contributed by atoms with Gasteiger partial charge in [0.2, 0.25) is 0 Å². The van der Waals surface area contributed by atoms with Crippen molar-refractivity contribution in [3.05, 3.63) is 50.9 Å². The number of sulfone groups is 1. The highest BCUT2D eigenvalue weighted by Crippen LogP contribution is 2.52. The highest BCUT2D eigenvalue weighted by molar-refractivity contribution is 7.96. The van der Waals surface area contributed by atoms with Gasteiger partial charge in [-0.2, -0.15) is 13.2 Å². The first-order chi connectivity index (χ1) is 12.4. The summed E-state index contributed by atoms with van der Waals surface area (Å²) in [6.45, 7) is 0.118. The largest absolute Gasteiger partial charge is 0.501 e. The van der Waals surface area contributed by atoms with Crippen molar-refractivity contribution in [2.75, 3.05) is 13.6 Å². The number of hydrogen-bond donors (Lipinski definition) is 0. The Labute approximate surface area is 152 Å². The average Bonchev–Trinajstić information content (AvgIpc) is 2.57. The van der Waals surface area contributed by atoms with Crippen molar-refractivity contribution in [3.8, 4) is 0 Å². The Bertz CT molecular complexity index is 957. The van der Waals surface area contributed by atoms with Crippen LogP contribution in [0.25, 0.3) is 0 Å². The second-order valence-corrected chi connectivity index (χ2v) is 8.45. The van der Waals surface area contributed by atoms with Crippen LogP contribution < -0.4 is 0 Å². The molecule has 3 rings (SSSR count). The Morgan fingerprint density at radius 3 is 2.52 bits per heavy atom. The molecule has 2 aliphatic rings. The number of carbonyl (C=O) groups is 1. The minimum absolute atomic E-state index is 0.118. The predicted molar refractivity (Wildman–Crippen MR) is 88.5 cm³/mol. The van der Waals surface area contributed by atoms with Gasteiger partial charge in [-0.05, 0) is 19.9 Å². The highest BCUT2D eigenvalue weighted by atomic mass is 32.2. The van der Waals surface area contributed by atoms with Crippen LogP contribution in [0.1, 0.15) is 18.4 Å². The number of ketones is 1. The molecule has 1 aliphatic carbocycles. The molecule has 0 saturated carbocycles. The van der Waals surface area contributed by atoms with Crippen molar-refractivity contribution in [2.45, 2.75) is 29.8 Å². The number of piperidine rings is 1. The number of likely N-dealkylation sites (tertiary alicyclic amines) is 1. The number of carbonyl (C=O) groups excluding carboxylic acids is 1. The van der Waals surface area contributed by atoms with Gasteiger partial charge in [-0.15, -0.1) is 0 Å². The van der Waals surface area contributed by atoms with E-state index in [0.29, 0.717) is 0 Å². The Kier molecular flexibility index (Phi) is 4.42. The molecule has 0 spiro atoms. The summed E-state index contributed by atoms with van der Waals surface area (Å²) in [7, 11) is -4.25. The van der Waals surface area contributed by atoms with Crippen molar-refractivity contribution in [1.82, 2.24) is 4.90 Å². The molecule has 0 aromatic heterocycles. The van der Waals surface area contributed by atoms with Crippen LogP contribution in [-0.2, 0) is 20.0 Å². The number of benzene rings is 1. The van der Waals surface area contributed by atoms with Crippen molar-refractivity contribution in [1.29, 1.82) is 0 Å². The lowest BCUT2D eigenvalue weighted by Gasteiger charge is -2.47. The van der Waals surface area contributed by atoms with E-state index >= 15 is 0 Å². The third-order valence-corrected chi connectivity index (χ3v) is 6.90. The summed E-state index contributed by atoms with van der Waals surface area (Å²) in [5.41, 5.74) is -8.75. The van der Waals surface area contributed by atoms with Gasteiger partial charge in [-0.3, -0.25) is 19.8 Å². The molecule has 1 aromatic carbocycles. The predicted octanol–water partition coefficient (Wildman–Crippen LogP) is 2.33. The molecule has 11 heteroatoms. The molecule has 7 nitrogen and oxygen atoms in total. The van der Waals surface area contributed by atoms with E-state index in [9.17, 15) is 36.5 Å². The van der Waals surface area contributed by atoms with E-state index in [1.54, 1.807) is 11.9 Å². The number of fused-ring (bicyclic) bond motifs is 2. The van der Waals surface area contributed by atoms with Crippen LogP contribution in [0.5, 0.6) is 0 Å². The number of nitro groups is 1. The molecule has 146 valence electrons. The minimum Gasteiger partial charge on any atom is -0.296 e. The smallest absolute Gasteiger partial charge is 0.296 e. The summed E-state index contributed by atoms with van der Waals surface area (Å²) in [4.78, 5) is 24.3. The molecule has 2 bridgehead atoms. The fourth-order valence-electron chi connectivity index (χ4n) is 3.89. The maximum Gasteiger partial charge on any atom is 0.501 e. The first kappa shape index (κ1) is 19.5. The molecule has 1 fully saturated rings. The summed E-state index contributed by atoms with van der Waals surface area (Å²) >= 11 is 0. The van der Waals surface area contributed by atoms with E-state index in [1.165, 1.54) is 12.1 Å². The van der Waals surface area contributed by atoms with Crippen LogP contribution in [0.2, 0.25) is 0 Å². The number of Topliss-reactive ketones (excluding diaryl/α,β-unsaturated/α-hetero) is 1. The number of nitro benzene ring substituents is 1. The zero-order chi connectivity index (χ0) is 20.2. The maximum absolute atomic E-state index is 13.3. The number of likely N-dealkylation sites (N-methyl/N-ethyl adjacent to an activating group) is 1. The Hall–Kier alpha value is -2.27. The third kappa shape index (κ3) is 2.67. The summed E-state index contributed by atoms with van der Waals surface area (Å²) in [6.07, 6.45) is 0.383. The van der Waals surface area contributed by atoms with E-state index < -0.39 is 48.1 Å². The molecule has 0 radical (unpaired) electrons. The van der Waals surface area contributed by atoms with Crippen molar-refractivity contribution in [3.63, 3.8) is 0 Å². The van der Waals surface area contributed by atoms with Gasteiger partial charge in [0.1, 0.15) is 0 Å². The van der Waals surface area contributed by atoms with Gasteiger partial charge in [0.25, 0.3) is 15.5 Å². The number of para-hydroxylation sites is 1. The zero-order valence-electron chi connectivity index (χ0n) is 14.1. The average molecular weight is 404 g/mol. The summed E-state index contributed by atoms with van der Waals surface area (Å²) in [6, 6.07) is 4.01. The molecular weight excluding hydrogens is 389 g/mol. The monoisotopic (exact) mass is 404 g/mol. The molecular formula is C16H15F3N2O5S. The molecule has 1 aromatic rings. The van der Waals surface area contributed by atoms with E-state index in [-0.39, 0.29) is 24.9 Å². The number of rotatable bonds is 3. The maximum atomic E-state index is 13.3. The summed E-state index contributed by atoms with van der Waals surface area (Å²) in [5, 5.41) is 11.4. The zero-order valence-corrected chi connectivity index (χ0v) is 14.9. The topological polar surface area (TPSA) is 97.6 Å². The Morgan fingerprint density at radius 2 is 1.93 bits per heavy atom. The van der Waals surface area contributed by atoms with Gasteiger partial charge in [-0.1, -0.05) is 24.3 Å². The fourth-order valence-corrected chi connectivity index (χ4v) is 5.23. The van der Waals surface area contributed by atoms with Gasteiger partial charge in [0.05, 0.1) is 21.3 Å². The fraction of sp³-hybridized carbons (Fsp3) is 0.438. The van der Waals surface area contributed by atoms with Crippen LogP contribution in [0.3, 0.4) is 0 Å². The summed E-state index contributed by atoms with van der Waals surface area (Å²) in [5.74, 6) is -0.768. The van der Waals surface area contributed by atoms with E-state index in [0.717, 1.165) is 18.2 Å². The van der Waals surface area contributed by atoms with Crippen molar-refractivity contribution in [2.24, 2.45) is 0 Å². The number of halogens is 3. The first-order valence-electron chi connectivity index (χ1n) is 7.95. The van der Waals surface area contributed by atoms with E-state index in [4.69, 9.17) is 0 Å². The van der Waals surface area contributed by atoms with Gasteiger partial charge < -0.3 is 0 Å². The molecule has 1 saturated heterocycles. The van der Waals surface area contributed by atoms with Crippen LogP contribution in [0.15, 0.2) is 35.2 Å². The number of nitrogens with zero attached hydrogens (tertiary/aromatic N) is 2. The van der Waals surface area contributed by atoms with Crippen LogP contribution >= 0.6 is 0 Å². The quantitative estimate of drug-likeness (QED) is 0.567. The first-order valence-corrected chi connectivity index (χ1v) is 9.43. The van der Waals surface area contributed by atoms with Gasteiger partial charge in [0, 0.05) is 18.2 Å². The SMILES string of the molecule is CN1CCC2(c3ccccc3[N+](=O)[O-])C(=O)C1CC=C2S(=O)(=O)C(F)(F)F. The third-order valence-electron chi connectivity index (χ3n) is 5.20. The Morgan fingerprint density at radius 1 is 1.30 bits per heavy atom. The lowest BCUT2D eigenvalue weighted by Crippen LogP contribution is -2.60. The molecule has 27 heavy (non-hydrogen) atoms. The van der Waals surface area contributed by atoms with Crippen molar-refractivity contribution >= 4 is 21.3 Å². The molecule has 1 aliphatic heterocycles. The molecule has 0 amide bonds. The van der Waals surface area contributed by atoms with Gasteiger partial charge in [0.15, 0.2) is 5.78 Å². The summed E-state index contributed by atoms with van der Waals surface area (Å²) < 4.78 is 64.5. The molecule has 2 atom stereocenters. The number of allylic oxidation sites excluding steroid dienone is 1.